The zero-order chi connectivity index (χ0) is 12.9. The third-order valence-electron chi connectivity index (χ3n) is 4.21. The molecule has 0 amide bonds. The van der Waals surface area contributed by atoms with Gasteiger partial charge in [0, 0.05) is 12.6 Å². The van der Waals surface area contributed by atoms with Crippen LogP contribution in [0.4, 0.5) is 0 Å². The zero-order valence-corrected chi connectivity index (χ0v) is 12.1. The summed E-state index contributed by atoms with van der Waals surface area (Å²) in [5.41, 5.74) is 0.488. The van der Waals surface area contributed by atoms with Gasteiger partial charge in [0.25, 0.3) is 0 Å². The molecule has 1 saturated carbocycles. The molecule has 0 spiro atoms. The lowest BCUT2D eigenvalue weighted by Crippen LogP contribution is -2.32. The van der Waals surface area contributed by atoms with Crippen LogP contribution in [-0.2, 0) is 0 Å². The minimum atomic E-state index is 0.362. The fourth-order valence-corrected chi connectivity index (χ4v) is 3.19. The van der Waals surface area contributed by atoms with Crippen LogP contribution in [0.15, 0.2) is 0 Å². The van der Waals surface area contributed by atoms with Gasteiger partial charge in [-0.3, -0.25) is 0 Å². The van der Waals surface area contributed by atoms with Crippen molar-refractivity contribution in [3.63, 3.8) is 0 Å². The molecule has 2 atom stereocenters. The lowest BCUT2D eigenvalue weighted by Gasteiger charge is -2.38. The van der Waals surface area contributed by atoms with E-state index in [1.807, 2.05) is 0 Å². The molecule has 0 heterocycles. The standard InChI is InChI=1S/C15H31NO/c1-12(2)16-9-7-14(11-17)13-6-5-8-15(3,4)10-13/h12-14,16-17H,5-11H2,1-4H3. The third kappa shape index (κ3) is 5.39. The Labute approximate surface area is 107 Å². The van der Waals surface area contributed by atoms with E-state index in [9.17, 15) is 5.11 Å². The molecule has 0 radical (unpaired) electrons. The molecular weight excluding hydrogens is 210 g/mol. The number of nitrogens with one attached hydrogen (secondary N) is 1. The van der Waals surface area contributed by atoms with E-state index in [1.54, 1.807) is 0 Å². The Kier molecular flexibility index (Phi) is 5.94. The summed E-state index contributed by atoms with van der Waals surface area (Å²) in [4.78, 5) is 0. The van der Waals surface area contributed by atoms with Crippen molar-refractivity contribution < 1.29 is 5.11 Å². The highest BCUT2D eigenvalue weighted by Crippen LogP contribution is 2.42. The lowest BCUT2D eigenvalue weighted by atomic mass is 9.68. The van der Waals surface area contributed by atoms with Crippen LogP contribution < -0.4 is 5.32 Å². The molecule has 2 heteroatoms. The van der Waals surface area contributed by atoms with Gasteiger partial charge in [0.05, 0.1) is 0 Å². The van der Waals surface area contributed by atoms with Crippen molar-refractivity contribution in [1.29, 1.82) is 0 Å². The van der Waals surface area contributed by atoms with Gasteiger partial charge in [-0.15, -0.1) is 0 Å². The lowest BCUT2D eigenvalue weighted by molar-refractivity contribution is 0.0884. The first-order valence-corrected chi connectivity index (χ1v) is 7.29. The van der Waals surface area contributed by atoms with Crippen LogP contribution in [0.3, 0.4) is 0 Å². The second-order valence-electron chi connectivity index (χ2n) is 6.86. The summed E-state index contributed by atoms with van der Waals surface area (Å²) < 4.78 is 0. The highest BCUT2D eigenvalue weighted by atomic mass is 16.3. The molecule has 1 aliphatic carbocycles. The third-order valence-corrected chi connectivity index (χ3v) is 4.21. The van der Waals surface area contributed by atoms with Crippen molar-refractivity contribution in [2.45, 2.75) is 65.8 Å². The topological polar surface area (TPSA) is 32.3 Å². The maximum atomic E-state index is 9.59. The monoisotopic (exact) mass is 241 g/mol. The fourth-order valence-electron chi connectivity index (χ4n) is 3.19. The van der Waals surface area contributed by atoms with Gasteiger partial charge in [0.1, 0.15) is 0 Å². The average Bonchev–Trinajstić information content (AvgIpc) is 2.22. The summed E-state index contributed by atoms with van der Waals surface area (Å²) >= 11 is 0. The Hall–Kier alpha value is -0.0800. The molecule has 1 aliphatic rings. The summed E-state index contributed by atoms with van der Waals surface area (Å²) in [7, 11) is 0. The molecule has 0 aromatic rings. The van der Waals surface area contributed by atoms with Crippen molar-refractivity contribution in [3.05, 3.63) is 0 Å². The zero-order valence-electron chi connectivity index (χ0n) is 12.1. The van der Waals surface area contributed by atoms with Crippen LogP contribution in [-0.4, -0.2) is 24.3 Å². The van der Waals surface area contributed by atoms with Gasteiger partial charge >= 0.3 is 0 Å². The van der Waals surface area contributed by atoms with E-state index in [4.69, 9.17) is 0 Å². The van der Waals surface area contributed by atoms with E-state index < -0.39 is 0 Å². The Morgan fingerprint density at radius 2 is 2.06 bits per heavy atom. The maximum absolute atomic E-state index is 9.59. The van der Waals surface area contributed by atoms with E-state index in [-0.39, 0.29) is 0 Å². The summed E-state index contributed by atoms with van der Waals surface area (Å²) in [6.07, 6.45) is 6.42. The molecule has 1 fully saturated rings. The molecule has 0 aromatic carbocycles. The number of aliphatic hydroxyl groups excluding tert-OH is 1. The minimum absolute atomic E-state index is 0.362. The van der Waals surface area contributed by atoms with Gasteiger partial charge in [-0.2, -0.15) is 0 Å². The summed E-state index contributed by atoms with van der Waals surface area (Å²) in [5, 5.41) is 13.0. The maximum Gasteiger partial charge on any atom is 0.0462 e. The molecule has 17 heavy (non-hydrogen) atoms. The van der Waals surface area contributed by atoms with Gasteiger partial charge in [0.2, 0.25) is 0 Å². The largest absolute Gasteiger partial charge is 0.396 e. The first-order chi connectivity index (χ1) is 7.94. The fraction of sp³-hybridized carbons (Fsp3) is 1.00. The Morgan fingerprint density at radius 1 is 1.35 bits per heavy atom. The molecule has 2 nitrogen and oxygen atoms in total. The first kappa shape index (κ1) is 15.0. The Bertz CT molecular complexity index is 213. The molecule has 0 saturated heterocycles. The van der Waals surface area contributed by atoms with Crippen molar-refractivity contribution in [3.8, 4) is 0 Å². The SMILES string of the molecule is CC(C)NCCC(CO)C1CCCC(C)(C)C1. The van der Waals surface area contributed by atoms with Gasteiger partial charge in [0.15, 0.2) is 0 Å². The Morgan fingerprint density at radius 3 is 2.59 bits per heavy atom. The summed E-state index contributed by atoms with van der Waals surface area (Å²) in [6.45, 7) is 10.5. The Balaban J connectivity index is 2.38. The molecule has 0 aromatic heterocycles. The highest BCUT2D eigenvalue weighted by molar-refractivity contribution is 4.83. The number of rotatable bonds is 6. The number of hydrogen-bond acceptors (Lipinski definition) is 2. The van der Waals surface area contributed by atoms with Crippen LogP contribution in [0.1, 0.15) is 59.8 Å². The molecular formula is C15H31NO. The second kappa shape index (κ2) is 6.75. The minimum Gasteiger partial charge on any atom is -0.396 e. The molecule has 1 rings (SSSR count). The molecule has 102 valence electrons. The number of hydrogen-bond donors (Lipinski definition) is 2. The predicted octanol–water partition coefficient (Wildman–Crippen LogP) is 3.20. The molecule has 2 unspecified atom stereocenters. The molecule has 2 N–H and O–H groups in total. The summed E-state index contributed by atoms with van der Waals surface area (Å²) in [5.74, 6) is 1.23. The quantitative estimate of drug-likeness (QED) is 0.748. The van der Waals surface area contributed by atoms with E-state index in [1.165, 1.54) is 25.7 Å². The van der Waals surface area contributed by atoms with Crippen LogP contribution in [0.5, 0.6) is 0 Å². The molecule has 0 aliphatic heterocycles. The highest BCUT2D eigenvalue weighted by Gasteiger charge is 2.32. The predicted molar refractivity (Wildman–Crippen MR) is 74.1 cm³/mol. The van der Waals surface area contributed by atoms with Crippen LogP contribution in [0.2, 0.25) is 0 Å². The van der Waals surface area contributed by atoms with Crippen LogP contribution in [0, 0.1) is 17.3 Å². The average molecular weight is 241 g/mol. The van der Waals surface area contributed by atoms with Crippen LogP contribution in [0.25, 0.3) is 0 Å². The van der Waals surface area contributed by atoms with E-state index in [2.05, 4.69) is 33.0 Å². The van der Waals surface area contributed by atoms with Gasteiger partial charge < -0.3 is 10.4 Å². The van der Waals surface area contributed by atoms with Crippen molar-refractivity contribution >= 4 is 0 Å². The number of aliphatic hydroxyl groups is 1. The van der Waals surface area contributed by atoms with Crippen molar-refractivity contribution in [2.75, 3.05) is 13.2 Å². The van der Waals surface area contributed by atoms with E-state index in [0.29, 0.717) is 24.0 Å². The second-order valence-corrected chi connectivity index (χ2v) is 6.86. The summed E-state index contributed by atoms with van der Waals surface area (Å²) in [6, 6.07) is 0.553. The smallest absolute Gasteiger partial charge is 0.0462 e. The first-order valence-electron chi connectivity index (χ1n) is 7.29. The van der Waals surface area contributed by atoms with Crippen LogP contribution >= 0.6 is 0 Å². The van der Waals surface area contributed by atoms with Gasteiger partial charge in [-0.05, 0) is 43.1 Å². The van der Waals surface area contributed by atoms with Gasteiger partial charge in [-0.25, -0.2) is 0 Å². The van der Waals surface area contributed by atoms with E-state index in [0.717, 1.165) is 18.9 Å². The van der Waals surface area contributed by atoms with E-state index >= 15 is 0 Å². The van der Waals surface area contributed by atoms with Crippen molar-refractivity contribution in [1.82, 2.24) is 5.32 Å². The van der Waals surface area contributed by atoms with Crippen molar-refractivity contribution in [2.24, 2.45) is 17.3 Å². The molecule has 0 bridgehead atoms. The van der Waals surface area contributed by atoms with Gasteiger partial charge in [-0.1, -0.05) is 40.5 Å². The normalized spacial score (nSPS) is 26.1.